The highest BCUT2D eigenvalue weighted by Gasteiger charge is 2.20. The third-order valence-electron chi connectivity index (χ3n) is 3.96. The van der Waals surface area contributed by atoms with Gasteiger partial charge in [0.15, 0.2) is 11.0 Å². The molecule has 0 saturated heterocycles. The van der Waals surface area contributed by atoms with Gasteiger partial charge in [-0.05, 0) is 43.3 Å². The Morgan fingerprint density at radius 3 is 2.56 bits per heavy atom. The molecule has 8 heteroatoms. The van der Waals surface area contributed by atoms with Crippen LogP contribution in [0.1, 0.15) is 6.92 Å². The van der Waals surface area contributed by atoms with Crippen molar-refractivity contribution in [3.63, 3.8) is 0 Å². The lowest BCUT2D eigenvalue weighted by Crippen LogP contribution is -2.22. The summed E-state index contributed by atoms with van der Waals surface area (Å²) in [7, 11) is 3.33. The fourth-order valence-corrected chi connectivity index (χ4v) is 3.24. The lowest BCUT2D eigenvalue weighted by molar-refractivity contribution is -0.115. The van der Waals surface area contributed by atoms with Crippen LogP contribution >= 0.6 is 11.8 Å². The third-order valence-corrected chi connectivity index (χ3v) is 5.09. The average Bonchev–Trinajstić information content (AvgIpc) is 3.03. The van der Waals surface area contributed by atoms with Crippen LogP contribution in [-0.4, -0.2) is 33.0 Å². The van der Waals surface area contributed by atoms with Gasteiger partial charge in [0.1, 0.15) is 11.6 Å². The lowest BCUT2D eigenvalue weighted by atomic mass is 10.2. The second kappa shape index (κ2) is 8.22. The molecule has 27 heavy (non-hydrogen) atoms. The van der Waals surface area contributed by atoms with Gasteiger partial charge in [-0.2, -0.15) is 0 Å². The van der Waals surface area contributed by atoms with Crippen molar-refractivity contribution in [3.8, 4) is 17.1 Å². The molecule has 0 aliphatic carbocycles. The topological polar surface area (TPSA) is 69.0 Å². The van der Waals surface area contributed by atoms with E-state index in [2.05, 4.69) is 15.5 Å². The van der Waals surface area contributed by atoms with E-state index < -0.39 is 5.25 Å². The molecule has 0 radical (unpaired) electrons. The lowest BCUT2D eigenvalue weighted by Gasteiger charge is -2.12. The standard InChI is InChI=1S/C19H19FN4O2S/c1-12(18(25)21-13-8-10-14(26-3)11-9-13)27-19-23-22-17(24(19)2)15-6-4-5-7-16(15)20/h4-12H,1-3H3,(H,21,25)/t12-/m0/s1. The van der Waals surface area contributed by atoms with Crippen molar-refractivity contribution < 1.29 is 13.9 Å². The van der Waals surface area contributed by atoms with Crippen molar-refractivity contribution in [2.45, 2.75) is 17.3 Å². The Balaban J connectivity index is 1.69. The van der Waals surface area contributed by atoms with E-state index in [9.17, 15) is 9.18 Å². The number of rotatable bonds is 6. The summed E-state index contributed by atoms with van der Waals surface area (Å²) in [6, 6.07) is 13.5. The maximum atomic E-state index is 14.0. The maximum absolute atomic E-state index is 14.0. The highest BCUT2D eigenvalue weighted by molar-refractivity contribution is 8.00. The van der Waals surface area contributed by atoms with E-state index >= 15 is 0 Å². The molecule has 1 N–H and O–H groups in total. The van der Waals surface area contributed by atoms with Gasteiger partial charge in [0.25, 0.3) is 0 Å². The molecule has 140 valence electrons. The highest BCUT2D eigenvalue weighted by Crippen LogP contribution is 2.27. The zero-order valence-corrected chi connectivity index (χ0v) is 16.0. The smallest absolute Gasteiger partial charge is 0.237 e. The Labute approximate surface area is 160 Å². The van der Waals surface area contributed by atoms with E-state index in [1.165, 1.54) is 17.8 Å². The van der Waals surface area contributed by atoms with E-state index in [1.54, 1.807) is 68.1 Å². The van der Waals surface area contributed by atoms with Crippen molar-refractivity contribution in [2.24, 2.45) is 7.05 Å². The summed E-state index contributed by atoms with van der Waals surface area (Å²) in [6.07, 6.45) is 0. The van der Waals surface area contributed by atoms with Gasteiger partial charge in [-0.3, -0.25) is 4.79 Å². The minimum absolute atomic E-state index is 0.166. The maximum Gasteiger partial charge on any atom is 0.237 e. The number of benzene rings is 2. The quantitative estimate of drug-likeness (QED) is 0.654. The number of carbonyl (C=O) groups excluding carboxylic acids is 1. The number of nitrogens with zero attached hydrogens (tertiary/aromatic N) is 3. The number of anilines is 1. The van der Waals surface area contributed by atoms with Crippen molar-refractivity contribution in [2.75, 3.05) is 12.4 Å². The molecule has 0 bridgehead atoms. The Morgan fingerprint density at radius 1 is 1.19 bits per heavy atom. The monoisotopic (exact) mass is 386 g/mol. The predicted octanol–water partition coefficient (Wildman–Crippen LogP) is 3.75. The third kappa shape index (κ3) is 4.28. The summed E-state index contributed by atoms with van der Waals surface area (Å²) in [6.45, 7) is 1.78. The molecule has 0 spiro atoms. The molecule has 3 rings (SSSR count). The van der Waals surface area contributed by atoms with Crippen LogP contribution in [0, 0.1) is 5.82 Å². The molecule has 1 atom stereocenters. The van der Waals surface area contributed by atoms with Crippen molar-refractivity contribution in [3.05, 3.63) is 54.3 Å². The summed E-state index contributed by atoms with van der Waals surface area (Å²) in [5, 5.41) is 11.1. The first-order valence-corrected chi connectivity index (χ1v) is 9.13. The molecule has 0 fully saturated rings. The van der Waals surface area contributed by atoms with Crippen molar-refractivity contribution in [1.29, 1.82) is 0 Å². The zero-order valence-electron chi connectivity index (χ0n) is 15.1. The van der Waals surface area contributed by atoms with Gasteiger partial charge in [-0.15, -0.1) is 10.2 Å². The van der Waals surface area contributed by atoms with E-state index in [0.717, 1.165) is 5.75 Å². The number of aromatic nitrogens is 3. The number of hydrogen-bond acceptors (Lipinski definition) is 5. The van der Waals surface area contributed by atoms with Crippen LogP contribution in [-0.2, 0) is 11.8 Å². The van der Waals surface area contributed by atoms with E-state index in [4.69, 9.17) is 4.74 Å². The largest absolute Gasteiger partial charge is 0.497 e. The predicted molar refractivity (Wildman–Crippen MR) is 103 cm³/mol. The molecule has 1 amide bonds. The zero-order chi connectivity index (χ0) is 19.4. The van der Waals surface area contributed by atoms with Gasteiger partial charge < -0.3 is 14.6 Å². The summed E-state index contributed by atoms with van der Waals surface area (Å²) >= 11 is 1.26. The van der Waals surface area contributed by atoms with E-state index in [0.29, 0.717) is 22.2 Å². The van der Waals surface area contributed by atoms with Crippen LogP contribution < -0.4 is 10.1 Å². The Bertz CT molecular complexity index is 943. The van der Waals surface area contributed by atoms with Gasteiger partial charge in [0, 0.05) is 12.7 Å². The molecule has 0 unspecified atom stereocenters. The summed E-state index contributed by atoms with van der Waals surface area (Å²) in [5.74, 6) is 0.601. The van der Waals surface area contributed by atoms with Gasteiger partial charge >= 0.3 is 0 Å². The number of halogens is 1. The minimum Gasteiger partial charge on any atom is -0.497 e. The molecule has 1 aromatic heterocycles. The number of hydrogen-bond donors (Lipinski definition) is 1. The normalized spacial score (nSPS) is 11.9. The number of ether oxygens (including phenoxy) is 1. The van der Waals surface area contributed by atoms with Crippen LogP contribution in [0.5, 0.6) is 5.75 Å². The summed E-state index contributed by atoms with van der Waals surface area (Å²) < 4.78 is 20.8. The van der Waals surface area contributed by atoms with Gasteiger partial charge in [0.2, 0.25) is 5.91 Å². The van der Waals surface area contributed by atoms with Crippen molar-refractivity contribution >= 4 is 23.4 Å². The van der Waals surface area contributed by atoms with Crippen LogP contribution in [0.2, 0.25) is 0 Å². The van der Waals surface area contributed by atoms with E-state index in [-0.39, 0.29) is 11.7 Å². The number of amides is 1. The minimum atomic E-state index is -0.413. The van der Waals surface area contributed by atoms with Gasteiger partial charge in [-0.1, -0.05) is 23.9 Å². The molecule has 0 aliphatic rings. The second-order valence-corrected chi connectivity index (χ2v) is 7.13. The molecule has 0 saturated carbocycles. The first kappa shape index (κ1) is 18.9. The average molecular weight is 386 g/mol. The fraction of sp³-hybridized carbons (Fsp3) is 0.211. The Kier molecular flexibility index (Phi) is 5.75. The van der Waals surface area contributed by atoms with Gasteiger partial charge in [0.05, 0.1) is 17.9 Å². The molecular weight excluding hydrogens is 367 g/mol. The molecule has 6 nitrogen and oxygen atoms in total. The molecular formula is C19H19FN4O2S. The molecule has 0 aliphatic heterocycles. The van der Waals surface area contributed by atoms with E-state index in [1.807, 2.05) is 0 Å². The molecule has 3 aromatic rings. The van der Waals surface area contributed by atoms with Crippen LogP contribution in [0.15, 0.2) is 53.7 Å². The fourth-order valence-electron chi connectivity index (χ4n) is 2.42. The summed E-state index contributed by atoms with van der Waals surface area (Å²) in [5.41, 5.74) is 1.05. The Hall–Kier alpha value is -2.87. The van der Waals surface area contributed by atoms with Gasteiger partial charge in [-0.25, -0.2) is 4.39 Å². The molecule has 2 aromatic carbocycles. The number of carbonyl (C=O) groups is 1. The SMILES string of the molecule is COc1ccc(NC(=O)[C@H](C)Sc2nnc(-c3ccccc3F)n2C)cc1. The first-order chi connectivity index (χ1) is 13.0. The number of thioether (sulfide) groups is 1. The Morgan fingerprint density at radius 2 is 1.89 bits per heavy atom. The van der Waals surface area contributed by atoms with Crippen LogP contribution in [0.3, 0.4) is 0 Å². The highest BCUT2D eigenvalue weighted by atomic mass is 32.2. The second-order valence-electron chi connectivity index (χ2n) is 5.82. The van der Waals surface area contributed by atoms with Crippen molar-refractivity contribution in [1.82, 2.24) is 14.8 Å². The number of nitrogens with one attached hydrogen (secondary N) is 1. The van der Waals surface area contributed by atoms with Crippen LogP contribution in [0.25, 0.3) is 11.4 Å². The summed E-state index contributed by atoms with van der Waals surface area (Å²) in [4.78, 5) is 12.4. The molecule has 1 heterocycles. The first-order valence-electron chi connectivity index (χ1n) is 8.25. The number of methoxy groups -OCH3 is 1. The van der Waals surface area contributed by atoms with Crippen LogP contribution in [0.4, 0.5) is 10.1 Å².